The largest absolute Gasteiger partial charge is 0.488 e. The zero-order valence-electron chi connectivity index (χ0n) is 13.5. The van der Waals surface area contributed by atoms with Crippen molar-refractivity contribution in [2.45, 2.75) is 13.2 Å². The highest BCUT2D eigenvalue weighted by atomic mass is 19.1. The van der Waals surface area contributed by atoms with Gasteiger partial charge in [-0.25, -0.2) is 4.39 Å². The number of carbonyl (C=O) groups excluding carboxylic acids is 1. The van der Waals surface area contributed by atoms with Crippen LogP contribution < -0.4 is 9.47 Å². The van der Waals surface area contributed by atoms with E-state index in [2.05, 4.69) is 0 Å². The van der Waals surface area contributed by atoms with Crippen molar-refractivity contribution in [3.05, 3.63) is 95.3 Å². The topological polar surface area (TPSA) is 35.5 Å². The SMILES string of the molecule is O=Cc1cc(F)c(OCc2ccccc2)cc1OCc1ccccc1. The maximum atomic E-state index is 14.1. The van der Waals surface area contributed by atoms with Crippen molar-refractivity contribution in [1.82, 2.24) is 0 Å². The molecule has 25 heavy (non-hydrogen) atoms. The smallest absolute Gasteiger partial charge is 0.166 e. The van der Waals surface area contributed by atoms with Crippen LogP contribution in [0.3, 0.4) is 0 Å². The third kappa shape index (κ3) is 4.44. The molecule has 0 N–H and O–H groups in total. The lowest BCUT2D eigenvalue weighted by molar-refractivity contribution is 0.111. The average molecular weight is 336 g/mol. The summed E-state index contributed by atoms with van der Waals surface area (Å²) in [5, 5.41) is 0. The van der Waals surface area contributed by atoms with E-state index < -0.39 is 5.82 Å². The number of hydrogen-bond donors (Lipinski definition) is 0. The Labute approximate surface area is 145 Å². The van der Waals surface area contributed by atoms with E-state index in [1.807, 2.05) is 60.7 Å². The molecule has 126 valence electrons. The molecule has 4 heteroatoms. The molecule has 3 aromatic carbocycles. The predicted octanol–water partition coefficient (Wildman–Crippen LogP) is 4.80. The highest BCUT2D eigenvalue weighted by Crippen LogP contribution is 2.28. The molecule has 0 atom stereocenters. The summed E-state index contributed by atoms with van der Waals surface area (Å²) in [6, 6.07) is 21.6. The minimum absolute atomic E-state index is 0.0533. The van der Waals surface area contributed by atoms with Crippen molar-refractivity contribution in [3.63, 3.8) is 0 Å². The molecule has 0 spiro atoms. The van der Waals surface area contributed by atoms with Crippen LogP contribution in [0.5, 0.6) is 11.5 Å². The number of halogens is 1. The van der Waals surface area contributed by atoms with Crippen LogP contribution in [0.25, 0.3) is 0 Å². The third-order valence-corrected chi connectivity index (χ3v) is 3.67. The van der Waals surface area contributed by atoms with Gasteiger partial charge in [0.25, 0.3) is 0 Å². The average Bonchev–Trinajstić information content (AvgIpc) is 2.67. The summed E-state index contributed by atoms with van der Waals surface area (Å²) in [6.07, 6.45) is 0.574. The molecule has 0 aliphatic carbocycles. The molecule has 0 unspecified atom stereocenters. The summed E-state index contributed by atoms with van der Waals surface area (Å²) >= 11 is 0. The molecule has 0 saturated heterocycles. The van der Waals surface area contributed by atoms with Gasteiger partial charge in [-0.05, 0) is 17.2 Å². The van der Waals surface area contributed by atoms with Gasteiger partial charge in [-0.3, -0.25) is 4.79 Å². The minimum atomic E-state index is -0.593. The van der Waals surface area contributed by atoms with Crippen molar-refractivity contribution in [2.24, 2.45) is 0 Å². The Morgan fingerprint density at radius 2 is 1.28 bits per heavy atom. The maximum Gasteiger partial charge on any atom is 0.166 e. The van der Waals surface area contributed by atoms with Gasteiger partial charge in [-0.2, -0.15) is 0 Å². The molecule has 3 aromatic rings. The van der Waals surface area contributed by atoms with Gasteiger partial charge < -0.3 is 9.47 Å². The molecular formula is C21H17FO3. The summed E-state index contributed by atoms with van der Waals surface area (Å²) in [5.41, 5.74) is 2.03. The number of hydrogen-bond acceptors (Lipinski definition) is 3. The van der Waals surface area contributed by atoms with Crippen molar-refractivity contribution in [3.8, 4) is 11.5 Å². The highest BCUT2D eigenvalue weighted by Gasteiger charge is 2.12. The van der Waals surface area contributed by atoms with Crippen molar-refractivity contribution >= 4 is 6.29 Å². The van der Waals surface area contributed by atoms with Gasteiger partial charge in [0.1, 0.15) is 19.0 Å². The van der Waals surface area contributed by atoms with Gasteiger partial charge in [0.15, 0.2) is 17.9 Å². The quantitative estimate of drug-likeness (QED) is 0.582. The highest BCUT2D eigenvalue weighted by molar-refractivity contribution is 5.79. The number of aldehydes is 1. The second kappa shape index (κ2) is 8.11. The van der Waals surface area contributed by atoms with Crippen molar-refractivity contribution < 1.29 is 18.7 Å². The number of benzene rings is 3. The van der Waals surface area contributed by atoms with Crippen molar-refractivity contribution in [2.75, 3.05) is 0 Å². The molecule has 0 aliphatic rings. The summed E-state index contributed by atoms with van der Waals surface area (Å²) in [7, 11) is 0. The van der Waals surface area contributed by atoms with Crippen LogP contribution in [0.1, 0.15) is 21.5 Å². The second-order valence-electron chi connectivity index (χ2n) is 5.49. The van der Waals surface area contributed by atoms with Crippen LogP contribution in [0.2, 0.25) is 0 Å². The lowest BCUT2D eigenvalue weighted by atomic mass is 10.2. The predicted molar refractivity (Wildman–Crippen MR) is 93.3 cm³/mol. The molecule has 0 aliphatic heterocycles. The summed E-state index contributed by atoms with van der Waals surface area (Å²) in [6.45, 7) is 0.516. The fourth-order valence-electron chi connectivity index (χ4n) is 2.35. The van der Waals surface area contributed by atoms with E-state index >= 15 is 0 Å². The van der Waals surface area contributed by atoms with E-state index in [4.69, 9.17) is 9.47 Å². The fraction of sp³-hybridized carbons (Fsp3) is 0.0952. The van der Waals surface area contributed by atoms with Crippen molar-refractivity contribution in [1.29, 1.82) is 0 Å². The van der Waals surface area contributed by atoms with Gasteiger partial charge in [-0.1, -0.05) is 60.7 Å². The van der Waals surface area contributed by atoms with E-state index in [1.54, 1.807) is 0 Å². The van der Waals surface area contributed by atoms with Crippen LogP contribution in [-0.4, -0.2) is 6.29 Å². The number of ether oxygens (including phenoxy) is 2. The molecular weight excluding hydrogens is 319 g/mol. The standard InChI is InChI=1S/C21H17FO3/c22-19-11-18(13-23)20(24-14-16-7-3-1-4-8-16)12-21(19)25-15-17-9-5-2-6-10-17/h1-13H,14-15H2. The van der Waals surface area contributed by atoms with Crippen LogP contribution in [-0.2, 0) is 13.2 Å². The minimum Gasteiger partial charge on any atom is -0.488 e. The third-order valence-electron chi connectivity index (χ3n) is 3.67. The van der Waals surface area contributed by atoms with E-state index in [1.165, 1.54) is 6.07 Å². The molecule has 3 nitrogen and oxygen atoms in total. The van der Waals surface area contributed by atoms with Crippen LogP contribution in [0.4, 0.5) is 4.39 Å². The first-order chi connectivity index (χ1) is 12.3. The Kier molecular flexibility index (Phi) is 5.42. The zero-order valence-corrected chi connectivity index (χ0v) is 13.5. The van der Waals surface area contributed by atoms with Gasteiger partial charge in [-0.15, -0.1) is 0 Å². The number of carbonyl (C=O) groups is 1. The van der Waals surface area contributed by atoms with Gasteiger partial charge in [0, 0.05) is 6.07 Å². The first-order valence-electron chi connectivity index (χ1n) is 7.88. The molecule has 0 saturated carbocycles. The Hall–Kier alpha value is -3.14. The summed E-state index contributed by atoms with van der Waals surface area (Å²) < 4.78 is 25.4. The van der Waals surface area contributed by atoms with E-state index in [-0.39, 0.29) is 24.5 Å². The molecule has 3 rings (SSSR count). The Balaban J connectivity index is 1.76. The van der Waals surface area contributed by atoms with Crippen LogP contribution >= 0.6 is 0 Å². The first kappa shape index (κ1) is 16.7. The zero-order chi connectivity index (χ0) is 17.5. The normalized spacial score (nSPS) is 10.3. The fourth-order valence-corrected chi connectivity index (χ4v) is 2.35. The number of rotatable bonds is 7. The van der Waals surface area contributed by atoms with Gasteiger partial charge in [0.2, 0.25) is 0 Å². The lowest BCUT2D eigenvalue weighted by Crippen LogP contribution is -2.02. The van der Waals surface area contributed by atoms with E-state index in [9.17, 15) is 9.18 Å². The second-order valence-corrected chi connectivity index (χ2v) is 5.49. The Morgan fingerprint density at radius 1 is 0.760 bits per heavy atom. The summed E-state index contributed by atoms with van der Waals surface area (Å²) in [4.78, 5) is 11.2. The molecule has 0 aromatic heterocycles. The van der Waals surface area contributed by atoms with E-state index in [0.29, 0.717) is 12.0 Å². The van der Waals surface area contributed by atoms with Crippen LogP contribution in [0.15, 0.2) is 72.8 Å². The van der Waals surface area contributed by atoms with Gasteiger partial charge in [0.05, 0.1) is 5.56 Å². The van der Waals surface area contributed by atoms with Crippen LogP contribution in [0, 0.1) is 5.82 Å². The molecule has 0 bridgehead atoms. The Bertz CT molecular complexity index is 833. The molecule has 0 heterocycles. The van der Waals surface area contributed by atoms with E-state index in [0.717, 1.165) is 17.2 Å². The monoisotopic (exact) mass is 336 g/mol. The van der Waals surface area contributed by atoms with Gasteiger partial charge >= 0.3 is 0 Å². The maximum absolute atomic E-state index is 14.1. The molecule has 0 radical (unpaired) electrons. The first-order valence-corrected chi connectivity index (χ1v) is 7.88. The lowest BCUT2D eigenvalue weighted by Gasteiger charge is -2.13. The summed E-state index contributed by atoms with van der Waals surface area (Å²) in [5.74, 6) is -0.245. The Morgan fingerprint density at radius 3 is 1.80 bits per heavy atom. The molecule has 0 amide bonds. The molecule has 0 fully saturated rings.